The van der Waals surface area contributed by atoms with Gasteiger partial charge in [-0.25, -0.2) is 9.59 Å². The fourth-order valence-corrected chi connectivity index (χ4v) is 3.45. The van der Waals surface area contributed by atoms with Gasteiger partial charge in [0.25, 0.3) is 0 Å². The summed E-state index contributed by atoms with van der Waals surface area (Å²) < 4.78 is 10.9. The van der Waals surface area contributed by atoms with Gasteiger partial charge in [-0.15, -0.1) is 0 Å². The number of nitrogens with one attached hydrogen (secondary N) is 1. The van der Waals surface area contributed by atoms with E-state index in [-0.39, 0.29) is 24.8 Å². The fraction of sp³-hybridized carbons (Fsp3) is 0.391. The molecule has 3 rings (SSSR count). The normalized spacial score (nSPS) is 18.9. The molecule has 1 heterocycles. The van der Waals surface area contributed by atoms with Gasteiger partial charge in [0.2, 0.25) is 0 Å². The van der Waals surface area contributed by atoms with E-state index < -0.39 is 11.7 Å². The minimum Gasteiger partial charge on any atom is -0.445 e. The molecule has 1 aliphatic rings. The second kappa shape index (κ2) is 8.99. The molecule has 6 nitrogen and oxygen atoms in total. The molecule has 0 saturated carbocycles. The fourth-order valence-electron chi connectivity index (χ4n) is 3.45. The van der Waals surface area contributed by atoms with E-state index in [2.05, 4.69) is 5.32 Å². The van der Waals surface area contributed by atoms with E-state index in [0.29, 0.717) is 13.0 Å². The molecule has 0 radical (unpaired) electrons. The average Bonchev–Trinajstić information content (AvgIpc) is 3.10. The van der Waals surface area contributed by atoms with E-state index in [1.54, 1.807) is 4.90 Å². The largest absolute Gasteiger partial charge is 0.445 e. The molecule has 1 aliphatic heterocycles. The zero-order valence-electron chi connectivity index (χ0n) is 17.1. The number of likely N-dealkylation sites (tertiary alicyclic amines) is 1. The molecular formula is C23H28N2O4. The van der Waals surface area contributed by atoms with Gasteiger partial charge >= 0.3 is 12.2 Å². The quantitative estimate of drug-likeness (QED) is 0.816. The predicted octanol–water partition coefficient (Wildman–Crippen LogP) is 4.66. The van der Waals surface area contributed by atoms with E-state index in [4.69, 9.17) is 9.47 Å². The molecule has 2 aromatic rings. The van der Waals surface area contributed by atoms with Crippen LogP contribution in [-0.2, 0) is 16.1 Å². The Morgan fingerprint density at radius 2 is 1.66 bits per heavy atom. The summed E-state index contributed by atoms with van der Waals surface area (Å²) in [5.74, 6) is 0. The highest BCUT2D eigenvalue weighted by Gasteiger charge is 2.41. The molecule has 2 amide bonds. The van der Waals surface area contributed by atoms with E-state index in [1.807, 2.05) is 81.4 Å². The van der Waals surface area contributed by atoms with Gasteiger partial charge in [0, 0.05) is 6.54 Å². The third-order valence-electron chi connectivity index (χ3n) is 4.68. The van der Waals surface area contributed by atoms with Crippen molar-refractivity contribution in [3.63, 3.8) is 0 Å². The third kappa shape index (κ3) is 5.73. The van der Waals surface area contributed by atoms with Crippen LogP contribution in [0, 0.1) is 0 Å². The maximum atomic E-state index is 12.7. The summed E-state index contributed by atoms with van der Waals surface area (Å²) in [4.78, 5) is 26.8. The van der Waals surface area contributed by atoms with Gasteiger partial charge in [0.1, 0.15) is 12.2 Å². The maximum Gasteiger partial charge on any atom is 0.410 e. The number of benzene rings is 2. The van der Waals surface area contributed by atoms with Crippen LogP contribution in [0.3, 0.4) is 0 Å². The summed E-state index contributed by atoms with van der Waals surface area (Å²) in [5, 5.41) is 2.93. The van der Waals surface area contributed by atoms with Crippen molar-refractivity contribution < 1.29 is 19.1 Å². The second-order valence-corrected chi connectivity index (χ2v) is 8.13. The van der Waals surface area contributed by atoms with Crippen LogP contribution in [0.5, 0.6) is 0 Å². The highest BCUT2D eigenvalue weighted by atomic mass is 16.6. The van der Waals surface area contributed by atoms with Crippen LogP contribution in [0.15, 0.2) is 60.7 Å². The summed E-state index contributed by atoms with van der Waals surface area (Å²) in [6, 6.07) is 18.6. The lowest BCUT2D eigenvalue weighted by Crippen LogP contribution is -2.42. The number of carbonyl (C=O) groups is 2. The summed E-state index contributed by atoms with van der Waals surface area (Å²) in [5.41, 5.74) is 1.28. The number of hydrogen-bond acceptors (Lipinski definition) is 4. The Morgan fingerprint density at radius 1 is 1.03 bits per heavy atom. The molecule has 2 aromatic carbocycles. The van der Waals surface area contributed by atoms with Crippen molar-refractivity contribution in [2.75, 3.05) is 6.54 Å². The number of carbonyl (C=O) groups excluding carboxylic acids is 2. The molecule has 0 spiro atoms. The molecule has 1 saturated heterocycles. The van der Waals surface area contributed by atoms with Gasteiger partial charge in [0.15, 0.2) is 0 Å². The van der Waals surface area contributed by atoms with Crippen LogP contribution in [0.25, 0.3) is 0 Å². The Balaban J connectivity index is 1.70. The summed E-state index contributed by atoms with van der Waals surface area (Å²) in [6.45, 7) is 6.23. The molecule has 0 bridgehead atoms. The van der Waals surface area contributed by atoms with Gasteiger partial charge in [0.05, 0.1) is 12.1 Å². The Bertz CT molecular complexity index is 818. The van der Waals surface area contributed by atoms with Crippen LogP contribution in [-0.4, -0.2) is 35.3 Å². The van der Waals surface area contributed by atoms with E-state index in [1.165, 1.54) is 0 Å². The van der Waals surface area contributed by atoms with Crippen LogP contribution in [0.4, 0.5) is 9.59 Å². The van der Waals surface area contributed by atoms with Crippen molar-refractivity contribution in [2.45, 2.75) is 51.5 Å². The van der Waals surface area contributed by atoms with Gasteiger partial charge in [-0.1, -0.05) is 60.7 Å². The van der Waals surface area contributed by atoms with Crippen molar-refractivity contribution in [1.82, 2.24) is 10.2 Å². The first kappa shape index (κ1) is 20.7. The van der Waals surface area contributed by atoms with Gasteiger partial charge < -0.3 is 14.8 Å². The molecule has 29 heavy (non-hydrogen) atoms. The Morgan fingerprint density at radius 3 is 2.28 bits per heavy atom. The Labute approximate surface area is 171 Å². The second-order valence-electron chi connectivity index (χ2n) is 8.13. The summed E-state index contributed by atoms with van der Waals surface area (Å²) in [7, 11) is 0. The van der Waals surface area contributed by atoms with Crippen LogP contribution < -0.4 is 5.32 Å². The summed E-state index contributed by atoms with van der Waals surface area (Å²) in [6.07, 6.45) is -0.252. The molecule has 2 atom stereocenters. The third-order valence-corrected chi connectivity index (χ3v) is 4.68. The molecule has 0 unspecified atom stereocenters. The first-order chi connectivity index (χ1) is 13.8. The molecule has 1 N–H and O–H groups in total. The molecule has 6 heteroatoms. The Hall–Kier alpha value is -3.02. The number of amides is 2. The van der Waals surface area contributed by atoms with E-state index >= 15 is 0 Å². The standard InChI is InChI=1S/C23H28N2O4/c1-23(2,3)29-22(27)25-15-14-19(20(25)18-12-8-5-9-13-18)24-21(26)28-16-17-10-6-4-7-11-17/h4-13,19-20H,14-16H2,1-3H3,(H,24,26)/t19-,20+/m1/s1. The highest BCUT2D eigenvalue weighted by molar-refractivity contribution is 5.71. The summed E-state index contributed by atoms with van der Waals surface area (Å²) >= 11 is 0. The van der Waals surface area contributed by atoms with Crippen molar-refractivity contribution in [2.24, 2.45) is 0 Å². The van der Waals surface area contributed by atoms with Crippen LogP contribution >= 0.6 is 0 Å². The van der Waals surface area contributed by atoms with Crippen molar-refractivity contribution in [3.05, 3.63) is 71.8 Å². The predicted molar refractivity (Wildman–Crippen MR) is 110 cm³/mol. The first-order valence-corrected chi connectivity index (χ1v) is 9.85. The van der Waals surface area contributed by atoms with E-state index in [9.17, 15) is 9.59 Å². The molecule has 0 aliphatic carbocycles. The first-order valence-electron chi connectivity index (χ1n) is 9.85. The molecule has 0 aromatic heterocycles. The topological polar surface area (TPSA) is 67.9 Å². The van der Waals surface area contributed by atoms with Crippen molar-refractivity contribution >= 4 is 12.2 Å². The van der Waals surface area contributed by atoms with Gasteiger partial charge in [-0.2, -0.15) is 0 Å². The number of hydrogen-bond donors (Lipinski definition) is 1. The minimum absolute atomic E-state index is 0.200. The zero-order chi connectivity index (χ0) is 20.9. The zero-order valence-corrected chi connectivity index (χ0v) is 17.1. The highest BCUT2D eigenvalue weighted by Crippen LogP contribution is 2.33. The van der Waals surface area contributed by atoms with E-state index in [0.717, 1.165) is 11.1 Å². The van der Waals surface area contributed by atoms with Gasteiger partial charge in [-0.3, -0.25) is 4.90 Å². The Kier molecular flexibility index (Phi) is 6.42. The van der Waals surface area contributed by atoms with Crippen LogP contribution in [0.2, 0.25) is 0 Å². The average molecular weight is 396 g/mol. The number of ether oxygens (including phenoxy) is 2. The lowest BCUT2D eigenvalue weighted by molar-refractivity contribution is 0.0211. The molecular weight excluding hydrogens is 368 g/mol. The number of nitrogens with zero attached hydrogens (tertiary/aromatic N) is 1. The lowest BCUT2D eigenvalue weighted by Gasteiger charge is -2.31. The number of alkyl carbamates (subject to hydrolysis) is 1. The van der Waals surface area contributed by atoms with Crippen molar-refractivity contribution in [3.8, 4) is 0 Å². The number of rotatable bonds is 4. The smallest absolute Gasteiger partial charge is 0.410 e. The van der Waals surface area contributed by atoms with Crippen molar-refractivity contribution in [1.29, 1.82) is 0 Å². The molecule has 1 fully saturated rings. The molecule has 154 valence electrons. The monoisotopic (exact) mass is 396 g/mol. The maximum absolute atomic E-state index is 12.7. The lowest BCUT2D eigenvalue weighted by atomic mass is 10.0. The SMILES string of the molecule is CC(C)(C)OC(=O)N1CC[C@@H](NC(=O)OCc2ccccc2)[C@@H]1c1ccccc1. The van der Waals surface area contributed by atoms with Gasteiger partial charge in [-0.05, 0) is 38.3 Å². The minimum atomic E-state index is -0.585. The van der Waals surface area contributed by atoms with Crippen LogP contribution in [0.1, 0.15) is 44.4 Å².